The zero-order valence-corrected chi connectivity index (χ0v) is 13.5. The van der Waals surface area contributed by atoms with E-state index < -0.39 is 0 Å². The van der Waals surface area contributed by atoms with Gasteiger partial charge in [-0.3, -0.25) is 0 Å². The number of benzene rings is 1. The summed E-state index contributed by atoms with van der Waals surface area (Å²) in [5, 5.41) is 0. The van der Waals surface area contributed by atoms with Gasteiger partial charge in [-0.15, -0.1) is 0 Å². The number of rotatable bonds is 3. The standard InChI is InChI=1S/C17H25Br/c1-12-5-8-15(9-6-12)17(18)11-16-10-13(2)4-7-14(16)3/h4,7,10,12,15,17H,5-6,8-9,11H2,1-3H3. The molecule has 0 radical (unpaired) electrons. The van der Waals surface area contributed by atoms with Crippen molar-refractivity contribution < 1.29 is 0 Å². The van der Waals surface area contributed by atoms with Crippen molar-refractivity contribution in [1.29, 1.82) is 0 Å². The van der Waals surface area contributed by atoms with E-state index in [1.807, 2.05) is 0 Å². The van der Waals surface area contributed by atoms with Crippen molar-refractivity contribution in [3.8, 4) is 0 Å². The van der Waals surface area contributed by atoms with Crippen molar-refractivity contribution in [1.82, 2.24) is 0 Å². The highest BCUT2D eigenvalue weighted by molar-refractivity contribution is 9.09. The molecule has 2 rings (SSSR count). The maximum absolute atomic E-state index is 3.95. The number of aryl methyl sites for hydroxylation is 2. The van der Waals surface area contributed by atoms with Gasteiger partial charge in [0.2, 0.25) is 0 Å². The van der Waals surface area contributed by atoms with Crippen LogP contribution in [0.25, 0.3) is 0 Å². The van der Waals surface area contributed by atoms with E-state index in [1.54, 1.807) is 0 Å². The Morgan fingerprint density at radius 3 is 2.50 bits per heavy atom. The molecule has 1 aromatic rings. The molecule has 0 bridgehead atoms. The van der Waals surface area contributed by atoms with Gasteiger partial charge >= 0.3 is 0 Å². The quantitative estimate of drug-likeness (QED) is 0.653. The molecule has 1 heteroatoms. The first-order valence-corrected chi connectivity index (χ1v) is 8.18. The lowest BCUT2D eigenvalue weighted by Crippen LogP contribution is -2.22. The largest absolute Gasteiger partial charge is 0.0884 e. The van der Waals surface area contributed by atoms with Crippen LogP contribution in [0.2, 0.25) is 0 Å². The molecule has 1 aliphatic rings. The second-order valence-corrected chi connectivity index (χ2v) is 7.35. The van der Waals surface area contributed by atoms with Crippen molar-refractivity contribution in [2.24, 2.45) is 11.8 Å². The van der Waals surface area contributed by atoms with E-state index in [2.05, 4.69) is 54.9 Å². The molecule has 0 heterocycles. The Balaban J connectivity index is 1.98. The molecular formula is C17H25Br. The zero-order valence-electron chi connectivity index (χ0n) is 11.9. The van der Waals surface area contributed by atoms with Crippen molar-refractivity contribution in [2.75, 3.05) is 0 Å². The van der Waals surface area contributed by atoms with Crippen molar-refractivity contribution in [3.05, 3.63) is 34.9 Å². The monoisotopic (exact) mass is 308 g/mol. The third-order valence-corrected chi connectivity index (χ3v) is 5.56. The van der Waals surface area contributed by atoms with Crippen LogP contribution in [-0.2, 0) is 6.42 Å². The van der Waals surface area contributed by atoms with Gasteiger partial charge in [-0.05, 0) is 56.1 Å². The number of hydrogen-bond donors (Lipinski definition) is 0. The van der Waals surface area contributed by atoms with Gasteiger partial charge < -0.3 is 0 Å². The van der Waals surface area contributed by atoms with E-state index in [4.69, 9.17) is 0 Å². The van der Waals surface area contributed by atoms with Crippen molar-refractivity contribution in [2.45, 2.75) is 57.7 Å². The van der Waals surface area contributed by atoms with Crippen LogP contribution in [0.15, 0.2) is 18.2 Å². The molecule has 0 nitrogen and oxygen atoms in total. The average Bonchev–Trinajstić information content (AvgIpc) is 2.34. The fourth-order valence-corrected chi connectivity index (χ4v) is 3.92. The summed E-state index contributed by atoms with van der Waals surface area (Å²) in [6, 6.07) is 6.83. The molecule has 0 aromatic heterocycles. The highest BCUT2D eigenvalue weighted by atomic mass is 79.9. The number of alkyl halides is 1. The Bertz CT molecular complexity index is 389. The molecule has 1 atom stereocenters. The molecule has 1 saturated carbocycles. The minimum absolute atomic E-state index is 0.658. The summed E-state index contributed by atoms with van der Waals surface area (Å²) >= 11 is 3.95. The fraction of sp³-hybridized carbons (Fsp3) is 0.647. The molecule has 1 aliphatic carbocycles. The Morgan fingerprint density at radius 1 is 1.17 bits per heavy atom. The normalized spacial score (nSPS) is 26.0. The number of halogens is 1. The zero-order chi connectivity index (χ0) is 13.1. The van der Waals surface area contributed by atoms with E-state index >= 15 is 0 Å². The Morgan fingerprint density at radius 2 is 1.83 bits per heavy atom. The van der Waals surface area contributed by atoms with E-state index in [0.717, 1.165) is 11.8 Å². The molecular weight excluding hydrogens is 284 g/mol. The number of hydrogen-bond acceptors (Lipinski definition) is 0. The maximum atomic E-state index is 3.95. The van der Waals surface area contributed by atoms with Crippen LogP contribution in [0.3, 0.4) is 0 Å². The molecule has 100 valence electrons. The second-order valence-electron chi connectivity index (χ2n) is 6.17. The highest BCUT2D eigenvalue weighted by Gasteiger charge is 2.24. The fourth-order valence-electron chi connectivity index (χ4n) is 3.04. The van der Waals surface area contributed by atoms with Gasteiger partial charge in [-0.1, -0.05) is 59.5 Å². The van der Waals surface area contributed by atoms with E-state index in [0.29, 0.717) is 4.83 Å². The van der Waals surface area contributed by atoms with E-state index in [-0.39, 0.29) is 0 Å². The maximum Gasteiger partial charge on any atom is 0.0214 e. The lowest BCUT2D eigenvalue weighted by atomic mass is 9.80. The first kappa shape index (κ1) is 14.1. The summed E-state index contributed by atoms with van der Waals surface area (Å²) in [5.41, 5.74) is 4.34. The lowest BCUT2D eigenvalue weighted by molar-refractivity contribution is 0.285. The Hall–Kier alpha value is -0.300. The van der Waals surface area contributed by atoms with Crippen LogP contribution in [-0.4, -0.2) is 4.83 Å². The molecule has 18 heavy (non-hydrogen) atoms. The molecule has 1 unspecified atom stereocenters. The molecule has 0 saturated heterocycles. The van der Waals surface area contributed by atoms with Gasteiger partial charge in [-0.2, -0.15) is 0 Å². The van der Waals surface area contributed by atoms with Crippen LogP contribution < -0.4 is 0 Å². The molecule has 0 N–H and O–H groups in total. The predicted molar refractivity (Wildman–Crippen MR) is 83.5 cm³/mol. The van der Waals surface area contributed by atoms with Gasteiger partial charge in [0, 0.05) is 4.83 Å². The third-order valence-electron chi connectivity index (χ3n) is 4.49. The minimum Gasteiger partial charge on any atom is -0.0884 e. The Kier molecular flexibility index (Phi) is 4.89. The van der Waals surface area contributed by atoms with Gasteiger partial charge in [0.25, 0.3) is 0 Å². The summed E-state index contributed by atoms with van der Waals surface area (Å²) in [6.07, 6.45) is 6.83. The van der Waals surface area contributed by atoms with Crippen LogP contribution in [0.1, 0.15) is 49.3 Å². The molecule has 0 amide bonds. The van der Waals surface area contributed by atoms with Gasteiger partial charge in [-0.25, -0.2) is 0 Å². The summed E-state index contributed by atoms with van der Waals surface area (Å²) < 4.78 is 0. The van der Waals surface area contributed by atoms with Crippen molar-refractivity contribution >= 4 is 15.9 Å². The lowest BCUT2D eigenvalue weighted by Gasteiger charge is -2.30. The molecule has 1 aromatic carbocycles. The third kappa shape index (κ3) is 3.60. The van der Waals surface area contributed by atoms with Crippen LogP contribution in [0, 0.1) is 25.7 Å². The van der Waals surface area contributed by atoms with Crippen molar-refractivity contribution in [3.63, 3.8) is 0 Å². The minimum atomic E-state index is 0.658. The van der Waals surface area contributed by atoms with E-state index in [1.165, 1.54) is 48.8 Å². The highest BCUT2D eigenvalue weighted by Crippen LogP contribution is 2.35. The van der Waals surface area contributed by atoms with Crippen LogP contribution >= 0.6 is 15.9 Å². The van der Waals surface area contributed by atoms with Gasteiger partial charge in [0.05, 0.1) is 0 Å². The molecule has 0 aliphatic heterocycles. The van der Waals surface area contributed by atoms with E-state index in [9.17, 15) is 0 Å². The smallest absolute Gasteiger partial charge is 0.0214 e. The first-order valence-electron chi connectivity index (χ1n) is 7.26. The summed E-state index contributed by atoms with van der Waals surface area (Å²) in [7, 11) is 0. The van der Waals surface area contributed by atoms with Gasteiger partial charge in [0.15, 0.2) is 0 Å². The SMILES string of the molecule is Cc1ccc(C)c(CC(Br)C2CCC(C)CC2)c1. The van der Waals surface area contributed by atoms with Crippen LogP contribution in [0.4, 0.5) is 0 Å². The second kappa shape index (κ2) is 6.23. The van der Waals surface area contributed by atoms with Crippen LogP contribution in [0.5, 0.6) is 0 Å². The first-order chi connectivity index (χ1) is 8.56. The summed E-state index contributed by atoms with van der Waals surface area (Å²) in [5.74, 6) is 1.82. The average molecular weight is 309 g/mol. The molecule has 0 spiro atoms. The predicted octanol–water partition coefficient (Wildman–Crippen LogP) is 5.44. The summed E-state index contributed by atoms with van der Waals surface area (Å²) in [6.45, 7) is 6.82. The Labute approximate surface area is 120 Å². The summed E-state index contributed by atoms with van der Waals surface area (Å²) in [4.78, 5) is 0.658. The molecule has 1 fully saturated rings. The van der Waals surface area contributed by atoms with Gasteiger partial charge in [0.1, 0.15) is 0 Å². The topological polar surface area (TPSA) is 0 Å².